The Labute approximate surface area is 139 Å². The molecular weight excluding hydrogens is 332 g/mol. The number of hydrogen-bond acceptors (Lipinski definition) is 8. The minimum atomic E-state index is -1.15. The van der Waals surface area contributed by atoms with Gasteiger partial charge in [-0.15, -0.1) is 0 Å². The van der Waals surface area contributed by atoms with Gasteiger partial charge in [0.05, 0.1) is 24.8 Å². The van der Waals surface area contributed by atoms with Gasteiger partial charge < -0.3 is 28.2 Å². The summed E-state index contributed by atoms with van der Waals surface area (Å²) < 4.78 is 26.5. The lowest BCUT2D eigenvalue weighted by Crippen LogP contribution is -2.35. The molecule has 2 atom stereocenters. The summed E-state index contributed by atoms with van der Waals surface area (Å²) in [7, 11) is 4.18. The molecule has 0 fully saturated rings. The van der Waals surface area contributed by atoms with E-state index in [1.165, 1.54) is 33.5 Å². The third kappa shape index (κ3) is 1.95. The molecule has 0 saturated carbocycles. The van der Waals surface area contributed by atoms with Crippen LogP contribution in [0.4, 0.5) is 0 Å². The molecule has 0 bridgehead atoms. The predicted molar refractivity (Wildman–Crippen MR) is 87.1 cm³/mol. The van der Waals surface area contributed by atoms with Gasteiger partial charge in [-0.25, -0.2) is 9.59 Å². The van der Waals surface area contributed by atoms with Crippen molar-refractivity contribution in [3.63, 3.8) is 0 Å². The molecule has 1 aliphatic rings. The Morgan fingerprint density at radius 2 is 1.80 bits per heavy atom. The zero-order valence-corrected chi connectivity index (χ0v) is 13.6. The lowest BCUT2D eigenvalue weighted by atomic mass is 9.95. The van der Waals surface area contributed by atoms with E-state index in [9.17, 15) is 14.7 Å². The van der Waals surface area contributed by atoms with Gasteiger partial charge in [0.25, 0.3) is 0 Å². The van der Waals surface area contributed by atoms with Crippen molar-refractivity contribution in [1.29, 1.82) is 0 Å². The van der Waals surface area contributed by atoms with E-state index in [1.54, 1.807) is 0 Å². The van der Waals surface area contributed by atoms with Gasteiger partial charge in [0.2, 0.25) is 5.75 Å². The molecule has 1 aliphatic carbocycles. The molecule has 1 aromatic carbocycles. The molecule has 130 valence electrons. The van der Waals surface area contributed by atoms with E-state index in [0.717, 1.165) is 0 Å². The predicted octanol–water partition coefficient (Wildman–Crippen LogP) is 0.478. The van der Waals surface area contributed by atoms with Crippen LogP contribution in [0, 0.1) is 0 Å². The number of benzene rings is 1. The average molecular weight is 346 g/mol. The number of rotatable bonds is 3. The quantitative estimate of drug-likeness (QED) is 0.682. The van der Waals surface area contributed by atoms with Crippen molar-refractivity contribution < 1.29 is 28.2 Å². The Balaban J connectivity index is 2.37. The highest BCUT2D eigenvalue weighted by Gasteiger charge is 2.33. The highest BCUT2D eigenvalue weighted by atomic mass is 16.5. The van der Waals surface area contributed by atoms with Crippen LogP contribution in [-0.4, -0.2) is 32.5 Å². The van der Waals surface area contributed by atoms with Crippen LogP contribution in [0.15, 0.2) is 24.5 Å². The van der Waals surface area contributed by atoms with Gasteiger partial charge in [-0.1, -0.05) is 0 Å². The normalized spacial score (nSPS) is 19.2. The fourth-order valence-corrected chi connectivity index (χ4v) is 3.33. The molecule has 25 heavy (non-hydrogen) atoms. The summed E-state index contributed by atoms with van der Waals surface area (Å²) in [6, 6.07) is 1.47. The zero-order chi connectivity index (χ0) is 17.9. The maximum atomic E-state index is 12.5. The van der Waals surface area contributed by atoms with E-state index in [0.29, 0.717) is 10.8 Å². The van der Waals surface area contributed by atoms with Crippen molar-refractivity contribution in [2.24, 2.45) is 0 Å². The molecule has 0 aliphatic heterocycles. The van der Waals surface area contributed by atoms with Gasteiger partial charge >= 0.3 is 11.3 Å². The van der Waals surface area contributed by atoms with Crippen molar-refractivity contribution in [3.8, 4) is 11.5 Å². The second-order valence-electron chi connectivity index (χ2n) is 5.61. The molecule has 2 aromatic heterocycles. The number of methoxy groups -OCH3 is 3. The molecule has 8 nitrogen and oxygen atoms in total. The first kappa shape index (κ1) is 15.7. The summed E-state index contributed by atoms with van der Waals surface area (Å²) in [5.74, 6) is 0.502. The standard InChI is InChI=1S/C17H14O8/c1-21-9-5-7-11-10-6(16(19)25-15(11)13(9)23-3)4-8(18)12(22-2)14(10)24-17(7)20/h4-5,8,12,18H,1-3H3. The first-order valence-electron chi connectivity index (χ1n) is 7.42. The van der Waals surface area contributed by atoms with Crippen LogP contribution in [-0.2, 0) is 4.74 Å². The largest absolute Gasteiger partial charge is 0.493 e. The number of aliphatic hydroxyl groups excluding tert-OH is 1. The number of ether oxygens (including phenoxy) is 3. The van der Waals surface area contributed by atoms with Crippen LogP contribution < -0.4 is 25.9 Å². The lowest BCUT2D eigenvalue weighted by Gasteiger charge is -2.23. The summed E-state index contributed by atoms with van der Waals surface area (Å²) >= 11 is 0. The van der Waals surface area contributed by atoms with E-state index >= 15 is 0 Å². The summed E-state index contributed by atoms with van der Waals surface area (Å²) in [5.41, 5.74) is -1.28. The monoisotopic (exact) mass is 346 g/mol. The third-order valence-corrected chi connectivity index (χ3v) is 4.39. The first-order chi connectivity index (χ1) is 12.0. The van der Waals surface area contributed by atoms with Crippen LogP contribution in [0.1, 0.15) is 11.9 Å². The van der Waals surface area contributed by atoms with Gasteiger partial charge in [0, 0.05) is 17.9 Å². The van der Waals surface area contributed by atoms with Gasteiger partial charge in [-0.2, -0.15) is 0 Å². The van der Waals surface area contributed by atoms with Crippen molar-refractivity contribution >= 4 is 27.8 Å². The average Bonchev–Trinajstić information content (AvgIpc) is 2.60. The first-order valence-corrected chi connectivity index (χ1v) is 7.42. The van der Waals surface area contributed by atoms with Crippen molar-refractivity contribution in [2.45, 2.75) is 12.2 Å². The molecule has 1 N–H and O–H groups in total. The second-order valence-corrected chi connectivity index (χ2v) is 5.61. The molecule has 0 radical (unpaired) electrons. The summed E-state index contributed by atoms with van der Waals surface area (Å²) in [4.78, 5) is 24.9. The van der Waals surface area contributed by atoms with Gasteiger partial charge in [-0.05, 0) is 12.1 Å². The number of aliphatic hydroxyl groups is 1. The van der Waals surface area contributed by atoms with E-state index in [-0.39, 0.29) is 33.4 Å². The smallest absolute Gasteiger partial charge is 0.344 e. The van der Waals surface area contributed by atoms with Crippen LogP contribution in [0.25, 0.3) is 27.8 Å². The number of hydrogen-bond donors (Lipinski definition) is 1. The van der Waals surface area contributed by atoms with Gasteiger partial charge in [0.1, 0.15) is 18.0 Å². The molecule has 3 aromatic rings. The SMILES string of the molecule is COc1cc2c(=O)oc3c4c(c(=O)oc(c1OC)c24)=CC(O)C3OC. The Kier molecular flexibility index (Phi) is 3.34. The Hall–Kier alpha value is -2.84. The lowest BCUT2D eigenvalue weighted by molar-refractivity contribution is 0.00315. The van der Waals surface area contributed by atoms with Crippen molar-refractivity contribution in [2.75, 3.05) is 21.3 Å². The molecule has 0 spiro atoms. The third-order valence-electron chi connectivity index (χ3n) is 4.39. The van der Waals surface area contributed by atoms with Crippen LogP contribution in [0.3, 0.4) is 0 Å². The van der Waals surface area contributed by atoms with Crippen molar-refractivity contribution in [3.05, 3.63) is 37.9 Å². The minimum absolute atomic E-state index is 0.0781. The van der Waals surface area contributed by atoms with Crippen molar-refractivity contribution in [1.82, 2.24) is 0 Å². The van der Waals surface area contributed by atoms with Gasteiger partial charge in [0.15, 0.2) is 11.3 Å². The van der Waals surface area contributed by atoms with Gasteiger partial charge in [-0.3, -0.25) is 0 Å². The summed E-state index contributed by atoms with van der Waals surface area (Å²) in [6.07, 6.45) is -0.734. The Morgan fingerprint density at radius 3 is 2.44 bits per heavy atom. The van der Waals surface area contributed by atoms with E-state index in [1.807, 2.05) is 0 Å². The topological polar surface area (TPSA) is 108 Å². The Bertz CT molecular complexity index is 1170. The maximum absolute atomic E-state index is 12.5. The second kappa shape index (κ2) is 5.33. The molecule has 2 heterocycles. The fourth-order valence-electron chi connectivity index (χ4n) is 3.33. The van der Waals surface area contributed by atoms with Crippen LogP contribution in [0.2, 0.25) is 0 Å². The summed E-state index contributed by atoms with van der Waals surface area (Å²) in [6.45, 7) is 0. The van der Waals surface area contributed by atoms with Crippen LogP contribution >= 0.6 is 0 Å². The highest BCUT2D eigenvalue weighted by molar-refractivity contribution is 6.11. The molecule has 8 heteroatoms. The zero-order valence-electron chi connectivity index (χ0n) is 13.6. The summed E-state index contributed by atoms with van der Waals surface area (Å²) in [5, 5.41) is 11.2. The fraction of sp³-hybridized carbons (Fsp3) is 0.294. The van der Waals surface area contributed by atoms with E-state index in [2.05, 4.69) is 0 Å². The van der Waals surface area contributed by atoms with E-state index in [4.69, 9.17) is 23.0 Å². The molecule has 0 amide bonds. The highest BCUT2D eigenvalue weighted by Crippen LogP contribution is 2.41. The Morgan fingerprint density at radius 1 is 1.04 bits per heavy atom. The maximum Gasteiger partial charge on any atom is 0.344 e. The molecule has 0 saturated heterocycles. The van der Waals surface area contributed by atoms with E-state index < -0.39 is 23.5 Å². The molecule has 2 unspecified atom stereocenters. The minimum Gasteiger partial charge on any atom is -0.493 e. The molecular formula is C17H14O8. The van der Waals surface area contributed by atoms with Crippen LogP contribution in [0.5, 0.6) is 11.5 Å². The molecule has 4 rings (SSSR count).